The van der Waals surface area contributed by atoms with Crippen LogP contribution in [0.5, 0.6) is 0 Å². The highest BCUT2D eigenvalue weighted by Gasteiger charge is 2.38. The minimum absolute atomic E-state index is 0.107. The molecule has 218 valence electrons. The monoisotopic (exact) mass is 583 g/mol. The summed E-state index contributed by atoms with van der Waals surface area (Å²) in [5, 5.41) is 2.05. The summed E-state index contributed by atoms with van der Waals surface area (Å²) in [6, 6.07) is 43.7. The highest BCUT2D eigenvalue weighted by molar-refractivity contribution is 6.07. The fraction of sp³-hybridized carbons (Fsp3) is 0.146. The lowest BCUT2D eigenvalue weighted by atomic mass is 9.73. The Morgan fingerprint density at radius 2 is 0.911 bits per heavy atom. The summed E-state index contributed by atoms with van der Waals surface area (Å²) >= 11 is 0. The van der Waals surface area contributed by atoms with Gasteiger partial charge < -0.3 is 14.2 Å². The van der Waals surface area contributed by atoms with Crippen molar-refractivity contribution in [1.82, 2.24) is 4.98 Å². The fourth-order valence-corrected chi connectivity index (χ4v) is 7.79. The van der Waals surface area contributed by atoms with Crippen molar-refractivity contribution in [2.24, 2.45) is 0 Å². The maximum atomic E-state index is 6.33. The molecule has 0 unspecified atom stereocenters. The summed E-state index contributed by atoms with van der Waals surface area (Å²) in [5.74, 6) is 0. The van der Waals surface area contributed by atoms with E-state index in [1.54, 1.807) is 0 Å². The Morgan fingerprint density at radius 3 is 1.40 bits per heavy atom. The summed E-state index contributed by atoms with van der Waals surface area (Å²) in [7, 11) is 0. The van der Waals surface area contributed by atoms with Crippen LogP contribution in [0.2, 0.25) is 0 Å². The van der Waals surface area contributed by atoms with E-state index < -0.39 is 0 Å². The second-order valence-electron chi connectivity index (χ2n) is 13.3. The van der Waals surface area contributed by atoms with Crippen molar-refractivity contribution >= 4 is 56.2 Å². The number of aromatic nitrogens is 1. The van der Waals surface area contributed by atoms with Gasteiger partial charge in [0, 0.05) is 21.9 Å². The lowest BCUT2D eigenvalue weighted by molar-refractivity contribution is 0.631. The molecule has 0 spiro atoms. The van der Waals surface area contributed by atoms with E-state index in [1.807, 2.05) is 6.20 Å². The van der Waals surface area contributed by atoms with Crippen molar-refractivity contribution in [2.75, 3.05) is 9.80 Å². The SMILES string of the molecule is CC1(C)c2ccccc2N(c2ccc3oc4ncc(N5c6ccccc6C(C)(C)c6ccccc65)cc4c3c2)c2ccccc21. The Hall–Kier alpha value is -5.35. The maximum absolute atomic E-state index is 6.33. The molecule has 2 aliphatic heterocycles. The van der Waals surface area contributed by atoms with E-state index in [0.29, 0.717) is 5.71 Å². The topological polar surface area (TPSA) is 32.5 Å². The average Bonchev–Trinajstić information content (AvgIpc) is 3.43. The third-order valence-corrected chi connectivity index (χ3v) is 10.1. The van der Waals surface area contributed by atoms with Gasteiger partial charge in [-0.05, 0) is 70.8 Å². The van der Waals surface area contributed by atoms with Crippen LogP contribution in [-0.4, -0.2) is 4.98 Å². The minimum atomic E-state index is -0.117. The fourth-order valence-electron chi connectivity index (χ4n) is 7.79. The minimum Gasteiger partial charge on any atom is -0.438 e. The van der Waals surface area contributed by atoms with Crippen LogP contribution in [0, 0.1) is 0 Å². The van der Waals surface area contributed by atoms with Gasteiger partial charge in [-0.15, -0.1) is 0 Å². The molecule has 4 heteroatoms. The number of fused-ring (bicyclic) bond motifs is 7. The van der Waals surface area contributed by atoms with Gasteiger partial charge in [-0.3, -0.25) is 0 Å². The highest BCUT2D eigenvalue weighted by Crippen LogP contribution is 2.54. The molecule has 2 aliphatic rings. The summed E-state index contributed by atoms with van der Waals surface area (Å²) in [6.07, 6.45) is 1.94. The molecule has 4 heterocycles. The van der Waals surface area contributed by atoms with Crippen LogP contribution >= 0.6 is 0 Å². The molecule has 0 amide bonds. The Labute approximate surface area is 263 Å². The second kappa shape index (κ2) is 9.09. The standard InChI is InChI=1S/C41H33N3O/c1-40(2)30-13-5-9-17-34(30)43(35-18-10-6-14-31(35)40)26-21-22-38-28(23-26)29-24-27(25-42-39(29)45-38)44-36-19-11-7-15-32(36)41(3,4)33-16-8-12-20-37(33)44/h5-25H,1-4H3. The number of rotatable bonds is 2. The first-order valence-corrected chi connectivity index (χ1v) is 15.6. The number of hydrogen-bond acceptors (Lipinski definition) is 4. The highest BCUT2D eigenvalue weighted by atomic mass is 16.3. The number of anilines is 6. The normalized spacial score (nSPS) is 15.8. The van der Waals surface area contributed by atoms with Crippen molar-refractivity contribution < 1.29 is 4.42 Å². The summed E-state index contributed by atoms with van der Waals surface area (Å²) in [4.78, 5) is 9.63. The Balaban J connectivity index is 1.25. The molecule has 9 rings (SSSR count). The second-order valence-corrected chi connectivity index (χ2v) is 13.3. The van der Waals surface area contributed by atoms with E-state index in [-0.39, 0.29) is 10.8 Å². The van der Waals surface area contributed by atoms with Crippen LogP contribution in [0.25, 0.3) is 22.1 Å². The Kier molecular flexibility index (Phi) is 5.27. The van der Waals surface area contributed by atoms with E-state index in [1.165, 1.54) is 45.0 Å². The van der Waals surface area contributed by atoms with Crippen molar-refractivity contribution in [3.8, 4) is 0 Å². The van der Waals surface area contributed by atoms with Crippen LogP contribution in [-0.2, 0) is 10.8 Å². The van der Waals surface area contributed by atoms with Gasteiger partial charge in [0.05, 0.1) is 40.0 Å². The van der Waals surface area contributed by atoms with E-state index >= 15 is 0 Å². The summed E-state index contributed by atoms with van der Waals surface area (Å²) in [5.41, 5.74) is 13.4. The quantitative estimate of drug-likeness (QED) is 0.203. The lowest BCUT2D eigenvalue weighted by Crippen LogP contribution is -2.30. The van der Waals surface area contributed by atoms with E-state index in [0.717, 1.165) is 27.7 Å². The Bertz CT molecular complexity index is 2050. The molecule has 0 aliphatic carbocycles. The maximum Gasteiger partial charge on any atom is 0.227 e. The summed E-state index contributed by atoms with van der Waals surface area (Å²) < 4.78 is 6.33. The zero-order chi connectivity index (χ0) is 30.5. The van der Waals surface area contributed by atoms with Gasteiger partial charge in [-0.2, -0.15) is 0 Å². The first kappa shape index (κ1) is 26.1. The molecule has 7 aromatic rings. The van der Waals surface area contributed by atoms with Gasteiger partial charge in [-0.1, -0.05) is 100 Å². The Morgan fingerprint density at radius 1 is 0.489 bits per heavy atom. The van der Waals surface area contributed by atoms with E-state index in [4.69, 9.17) is 9.40 Å². The van der Waals surface area contributed by atoms with E-state index in [2.05, 4.69) is 159 Å². The van der Waals surface area contributed by atoms with Gasteiger partial charge >= 0.3 is 0 Å². The third kappa shape index (κ3) is 3.57. The zero-order valence-corrected chi connectivity index (χ0v) is 25.9. The molecule has 0 saturated carbocycles. The molecular weight excluding hydrogens is 550 g/mol. The number of hydrogen-bond donors (Lipinski definition) is 0. The number of benzene rings is 5. The molecule has 0 saturated heterocycles. The van der Waals surface area contributed by atoms with Gasteiger partial charge in [0.25, 0.3) is 0 Å². The predicted octanol–water partition coefficient (Wildman–Crippen LogP) is 11.2. The van der Waals surface area contributed by atoms with Gasteiger partial charge in [0.1, 0.15) is 5.58 Å². The molecule has 5 aromatic carbocycles. The molecule has 45 heavy (non-hydrogen) atoms. The predicted molar refractivity (Wildman–Crippen MR) is 185 cm³/mol. The lowest BCUT2D eigenvalue weighted by Gasteiger charge is -2.42. The van der Waals surface area contributed by atoms with Crippen LogP contribution in [0.15, 0.2) is 132 Å². The smallest absolute Gasteiger partial charge is 0.227 e. The van der Waals surface area contributed by atoms with Gasteiger partial charge in [0.2, 0.25) is 5.71 Å². The molecule has 0 N–H and O–H groups in total. The van der Waals surface area contributed by atoms with Gasteiger partial charge in [0.15, 0.2) is 0 Å². The van der Waals surface area contributed by atoms with Crippen LogP contribution < -0.4 is 9.80 Å². The molecule has 0 bridgehead atoms. The average molecular weight is 584 g/mol. The third-order valence-electron chi connectivity index (χ3n) is 10.1. The molecular formula is C41H33N3O. The molecule has 2 aromatic heterocycles. The number of nitrogens with zero attached hydrogens (tertiary/aromatic N) is 3. The molecule has 0 fully saturated rings. The molecule has 0 radical (unpaired) electrons. The first-order chi connectivity index (χ1) is 21.8. The van der Waals surface area contributed by atoms with Crippen LogP contribution in [0.3, 0.4) is 0 Å². The number of furan rings is 1. The number of para-hydroxylation sites is 4. The van der Waals surface area contributed by atoms with Crippen LogP contribution in [0.4, 0.5) is 34.1 Å². The van der Waals surface area contributed by atoms with Crippen molar-refractivity contribution in [1.29, 1.82) is 0 Å². The first-order valence-electron chi connectivity index (χ1n) is 15.6. The zero-order valence-electron chi connectivity index (χ0n) is 25.9. The molecule has 0 atom stereocenters. The van der Waals surface area contributed by atoms with Gasteiger partial charge in [-0.25, -0.2) is 4.98 Å². The van der Waals surface area contributed by atoms with Crippen molar-refractivity contribution in [3.05, 3.63) is 150 Å². The molecule has 4 nitrogen and oxygen atoms in total. The van der Waals surface area contributed by atoms with Crippen molar-refractivity contribution in [2.45, 2.75) is 38.5 Å². The van der Waals surface area contributed by atoms with E-state index in [9.17, 15) is 0 Å². The summed E-state index contributed by atoms with van der Waals surface area (Å²) in [6.45, 7) is 9.26. The van der Waals surface area contributed by atoms with Crippen molar-refractivity contribution in [3.63, 3.8) is 0 Å². The number of pyridine rings is 1. The van der Waals surface area contributed by atoms with Crippen LogP contribution in [0.1, 0.15) is 49.9 Å². The largest absolute Gasteiger partial charge is 0.438 e.